The number of ether oxygens (including phenoxy) is 1. The maximum Gasteiger partial charge on any atom is 0.123 e. The van der Waals surface area contributed by atoms with E-state index in [4.69, 9.17) is 4.74 Å². The largest absolute Gasteiger partial charge is 0.492 e. The van der Waals surface area contributed by atoms with Crippen molar-refractivity contribution in [1.29, 1.82) is 0 Å². The van der Waals surface area contributed by atoms with Crippen molar-refractivity contribution in [2.45, 2.75) is 59.3 Å². The summed E-state index contributed by atoms with van der Waals surface area (Å²) in [5.41, 5.74) is 3.32. The molecule has 0 unspecified atom stereocenters. The summed E-state index contributed by atoms with van der Waals surface area (Å²) in [5.74, 6) is 1.08. The lowest BCUT2D eigenvalue weighted by Gasteiger charge is -2.25. The van der Waals surface area contributed by atoms with E-state index < -0.39 is 0 Å². The van der Waals surface area contributed by atoms with Gasteiger partial charge in [-0.15, -0.1) is 0 Å². The number of rotatable bonds is 7. The van der Waals surface area contributed by atoms with E-state index in [2.05, 4.69) is 58.1 Å². The van der Waals surface area contributed by atoms with Gasteiger partial charge in [-0.3, -0.25) is 0 Å². The smallest absolute Gasteiger partial charge is 0.123 e. The van der Waals surface area contributed by atoms with E-state index in [-0.39, 0.29) is 5.41 Å². The lowest BCUT2D eigenvalue weighted by Crippen LogP contribution is -2.30. The Bertz CT molecular complexity index is 476. The standard InChI is InChI=1S/C19H31NO/c1-6-11-20-13-18(2,3)10-9-15-7-8-17-16(12-15)19(4,5)14-21-17/h7-8,12,20H,6,9-11,13-14H2,1-5H3. The van der Waals surface area contributed by atoms with Crippen LogP contribution in [-0.4, -0.2) is 19.7 Å². The minimum Gasteiger partial charge on any atom is -0.492 e. The fraction of sp³-hybridized carbons (Fsp3) is 0.684. The van der Waals surface area contributed by atoms with Crippen LogP contribution in [0, 0.1) is 5.41 Å². The van der Waals surface area contributed by atoms with Crippen LogP contribution in [0.2, 0.25) is 0 Å². The maximum atomic E-state index is 5.77. The van der Waals surface area contributed by atoms with Crippen molar-refractivity contribution >= 4 is 0 Å². The van der Waals surface area contributed by atoms with E-state index >= 15 is 0 Å². The predicted octanol–water partition coefficient (Wildman–Crippen LogP) is 4.32. The van der Waals surface area contributed by atoms with Gasteiger partial charge in [0, 0.05) is 17.5 Å². The molecule has 0 aromatic heterocycles. The first-order chi connectivity index (χ1) is 9.84. The van der Waals surface area contributed by atoms with Crippen LogP contribution in [0.1, 0.15) is 58.6 Å². The topological polar surface area (TPSA) is 21.3 Å². The summed E-state index contributed by atoms with van der Waals surface area (Å²) in [6.07, 6.45) is 3.56. The maximum absolute atomic E-state index is 5.77. The monoisotopic (exact) mass is 289 g/mol. The third-order valence-electron chi connectivity index (χ3n) is 4.48. The molecule has 0 spiro atoms. The van der Waals surface area contributed by atoms with Gasteiger partial charge < -0.3 is 10.1 Å². The summed E-state index contributed by atoms with van der Waals surface area (Å²) < 4.78 is 5.77. The molecule has 0 amide bonds. The molecule has 0 saturated heterocycles. The zero-order chi connectivity index (χ0) is 15.5. The van der Waals surface area contributed by atoms with Crippen LogP contribution < -0.4 is 10.1 Å². The van der Waals surface area contributed by atoms with Gasteiger partial charge in [0.2, 0.25) is 0 Å². The number of aryl methyl sites for hydroxylation is 1. The molecule has 0 radical (unpaired) electrons. The number of hydrogen-bond donors (Lipinski definition) is 1. The molecule has 118 valence electrons. The van der Waals surface area contributed by atoms with Gasteiger partial charge >= 0.3 is 0 Å². The van der Waals surface area contributed by atoms with Crippen LogP contribution in [0.4, 0.5) is 0 Å². The van der Waals surface area contributed by atoms with Crippen LogP contribution in [0.15, 0.2) is 18.2 Å². The lowest BCUT2D eigenvalue weighted by atomic mass is 9.83. The average molecular weight is 289 g/mol. The molecule has 2 nitrogen and oxygen atoms in total. The summed E-state index contributed by atoms with van der Waals surface area (Å²) in [6, 6.07) is 6.75. The van der Waals surface area contributed by atoms with Crippen molar-refractivity contribution in [2.75, 3.05) is 19.7 Å². The Morgan fingerprint density at radius 3 is 2.76 bits per heavy atom. The molecular weight excluding hydrogens is 258 g/mol. The molecule has 1 aromatic carbocycles. The summed E-state index contributed by atoms with van der Waals surface area (Å²) in [7, 11) is 0. The Labute approximate surface area is 130 Å². The number of benzene rings is 1. The minimum atomic E-state index is 0.156. The van der Waals surface area contributed by atoms with Crippen molar-refractivity contribution < 1.29 is 4.74 Å². The third-order valence-corrected chi connectivity index (χ3v) is 4.48. The first-order valence-corrected chi connectivity index (χ1v) is 8.31. The summed E-state index contributed by atoms with van der Waals surface area (Å²) in [6.45, 7) is 14.5. The third kappa shape index (κ3) is 4.23. The van der Waals surface area contributed by atoms with Gasteiger partial charge in [-0.1, -0.05) is 46.8 Å². The van der Waals surface area contributed by atoms with Gasteiger partial charge in [0.05, 0.1) is 6.61 Å². The van der Waals surface area contributed by atoms with Gasteiger partial charge in [-0.2, -0.15) is 0 Å². The van der Waals surface area contributed by atoms with Crippen LogP contribution in [0.25, 0.3) is 0 Å². The van der Waals surface area contributed by atoms with Crippen molar-refractivity contribution in [2.24, 2.45) is 5.41 Å². The van der Waals surface area contributed by atoms with Crippen molar-refractivity contribution in [3.05, 3.63) is 29.3 Å². The molecule has 1 N–H and O–H groups in total. The van der Waals surface area contributed by atoms with Crippen molar-refractivity contribution in [3.8, 4) is 5.75 Å². The number of nitrogens with one attached hydrogen (secondary N) is 1. The normalized spacial score (nSPS) is 16.6. The molecule has 0 aliphatic carbocycles. The molecule has 1 aromatic rings. The molecule has 1 aliphatic heterocycles. The van der Waals surface area contributed by atoms with Gasteiger partial charge in [-0.25, -0.2) is 0 Å². The highest BCUT2D eigenvalue weighted by atomic mass is 16.5. The van der Waals surface area contributed by atoms with Crippen molar-refractivity contribution in [3.63, 3.8) is 0 Å². The number of fused-ring (bicyclic) bond motifs is 1. The van der Waals surface area contributed by atoms with Crippen molar-refractivity contribution in [1.82, 2.24) is 5.32 Å². The van der Waals surface area contributed by atoms with Crippen LogP contribution >= 0.6 is 0 Å². The lowest BCUT2D eigenvalue weighted by molar-refractivity contribution is 0.291. The van der Waals surface area contributed by atoms with E-state index in [1.807, 2.05) is 0 Å². The van der Waals surface area contributed by atoms with E-state index in [1.54, 1.807) is 0 Å². The second kappa shape index (κ2) is 6.39. The molecular formula is C19H31NO. The van der Waals surface area contributed by atoms with Crippen LogP contribution in [-0.2, 0) is 11.8 Å². The highest BCUT2D eigenvalue weighted by Crippen LogP contribution is 2.39. The summed E-state index contributed by atoms with van der Waals surface area (Å²) in [5, 5.41) is 3.55. The Morgan fingerprint density at radius 2 is 2.05 bits per heavy atom. The molecule has 2 rings (SSSR count). The Morgan fingerprint density at radius 1 is 1.29 bits per heavy atom. The highest BCUT2D eigenvalue weighted by Gasteiger charge is 2.31. The molecule has 0 fully saturated rings. The van der Waals surface area contributed by atoms with E-state index in [1.165, 1.54) is 24.0 Å². The zero-order valence-electron chi connectivity index (χ0n) is 14.4. The fourth-order valence-corrected chi connectivity index (χ4v) is 2.90. The fourth-order valence-electron chi connectivity index (χ4n) is 2.90. The molecule has 0 bridgehead atoms. The van der Waals surface area contributed by atoms with Gasteiger partial charge in [-0.05, 0) is 42.9 Å². The Kier molecular flexibility index (Phi) is 4.98. The molecule has 1 heterocycles. The first kappa shape index (κ1) is 16.4. The zero-order valence-corrected chi connectivity index (χ0v) is 14.4. The van der Waals surface area contributed by atoms with Gasteiger partial charge in [0.1, 0.15) is 5.75 Å². The van der Waals surface area contributed by atoms with E-state index in [0.29, 0.717) is 5.41 Å². The quantitative estimate of drug-likeness (QED) is 0.755. The molecule has 2 heteroatoms. The average Bonchev–Trinajstić information content (AvgIpc) is 2.73. The molecule has 1 aliphatic rings. The molecule has 0 saturated carbocycles. The Balaban J connectivity index is 1.95. The second-order valence-electron chi connectivity index (χ2n) is 7.84. The Hall–Kier alpha value is -1.02. The molecule has 0 atom stereocenters. The SMILES string of the molecule is CCCNCC(C)(C)CCc1ccc2c(c1)C(C)(C)CO2. The van der Waals surface area contributed by atoms with Gasteiger partial charge in [0.25, 0.3) is 0 Å². The minimum absolute atomic E-state index is 0.156. The molecule has 21 heavy (non-hydrogen) atoms. The number of hydrogen-bond acceptors (Lipinski definition) is 2. The first-order valence-electron chi connectivity index (χ1n) is 8.31. The van der Waals surface area contributed by atoms with Crippen LogP contribution in [0.3, 0.4) is 0 Å². The van der Waals surface area contributed by atoms with Gasteiger partial charge in [0.15, 0.2) is 0 Å². The van der Waals surface area contributed by atoms with E-state index in [0.717, 1.165) is 31.9 Å². The predicted molar refractivity (Wildman–Crippen MR) is 90.2 cm³/mol. The van der Waals surface area contributed by atoms with Crippen LogP contribution in [0.5, 0.6) is 5.75 Å². The summed E-state index contributed by atoms with van der Waals surface area (Å²) in [4.78, 5) is 0. The highest BCUT2D eigenvalue weighted by molar-refractivity contribution is 5.45. The summed E-state index contributed by atoms with van der Waals surface area (Å²) >= 11 is 0. The van der Waals surface area contributed by atoms with E-state index in [9.17, 15) is 0 Å². The second-order valence-corrected chi connectivity index (χ2v) is 7.84.